The van der Waals surface area contributed by atoms with Gasteiger partial charge in [-0.05, 0) is 31.4 Å². The van der Waals surface area contributed by atoms with Crippen LogP contribution in [-0.4, -0.2) is 23.1 Å². The maximum Gasteiger partial charge on any atom is 0.224 e. The summed E-state index contributed by atoms with van der Waals surface area (Å²) in [6, 6.07) is 0.572. The molecule has 1 fully saturated rings. The number of nitrogen functional groups attached to an aromatic ring is 1. The van der Waals surface area contributed by atoms with Gasteiger partial charge in [-0.2, -0.15) is 4.98 Å². The van der Waals surface area contributed by atoms with Gasteiger partial charge in [0.15, 0.2) is 5.82 Å². The fraction of sp³-hybridized carbons (Fsp3) is 0.556. The number of aromatic nitrogens is 2. The molecule has 0 aromatic carbocycles. The van der Waals surface area contributed by atoms with Crippen LogP contribution in [0.3, 0.4) is 0 Å². The van der Waals surface area contributed by atoms with Crippen molar-refractivity contribution in [2.75, 3.05) is 17.7 Å². The zero-order chi connectivity index (χ0) is 10.3. The second-order valence-electron chi connectivity index (χ2n) is 3.66. The van der Waals surface area contributed by atoms with Crippen LogP contribution < -0.4 is 10.6 Å². The number of nitrogens with zero attached hydrogens (tertiary/aromatic N) is 3. The van der Waals surface area contributed by atoms with Gasteiger partial charge in [0, 0.05) is 13.1 Å². The van der Waals surface area contributed by atoms with Crippen LogP contribution in [0.2, 0.25) is 5.28 Å². The molecule has 2 N–H and O–H groups in total. The number of rotatable bonds is 2. The van der Waals surface area contributed by atoms with E-state index in [1.165, 1.54) is 12.8 Å². The minimum atomic E-state index is 0.263. The first-order valence-electron chi connectivity index (χ1n) is 4.62. The van der Waals surface area contributed by atoms with Crippen LogP contribution in [0.4, 0.5) is 11.5 Å². The molecule has 14 heavy (non-hydrogen) atoms. The zero-order valence-corrected chi connectivity index (χ0v) is 9.04. The molecular formula is C9H13ClN4. The van der Waals surface area contributed by atoms with Crippen molar-refractivity contribution in [3.63, 3.8) is 0 Å². The first-order valence-corrected chi connectivity index (χ1v) is 5.00. The molecule has 4 nitrogen and oxygen atoms in total. The molecule has 1 saturated carbocycles. The number of aryl methyl sites for hydroxylation is 1. The van der Waals surface area contributed by atoms with Crippen molar-refractivity contribution in [3.05, 3.63) is 11.0 Å². The molecule has 0 unspecified atom stereocenters. The molecule has 0 radical (unpaired) electrons. The first kappa shape index (κ1) is 9.52. The van der Waals surface area contributed by atoms with Gasteiger partial charge in [0.2, 0.25) is 5.28 Å². The third-order valence-electron chi connectivity index (χ3n) is 2.52. The van der Waals surface area contributed by atoms with Crippen LogP contribution in [-0.2, 0) is 0 Å². The van der Waals surface area contributed by atoms with Gasteiger partial charge in [0.05, 0.1) is 11.4 Å². The van der Waals surface area contributed by atoms with Crippen molar-refractivity contribution >= 4 is 23.1 Å². The van der Waals surface area contributed by atoms with E-state index < -0.39 is 0 Å². The molecule has 0 bridgehead atoms. The molecule has 2 rings (SSSR count). The summed E-state index contributed by atoms with van der Waals surface area (Å²) in [5, 5.41) is 0.263. The minimum Gasteiger partial charge on any atom is -0.394 e. The largest absolute Gasteiger partial charge is 0.394 e. The van der Waals surface area contributed by atoms with Gasteiger partial charge in [0.25, 0.3) is 0 Å². The van der Waals surface area contributed by atoms with Crippen LogP contribution in [0.5, 0.6) is 0 Å². The van der Waals surface area contributed by atoms with E-state index in [1.54, 1.807) is 0 Å². The number of hydrogen-bond acceptors (Lipinski definition) is 4. The van der Waals surface area contributed by atoms with E-state index >= 15 is 0 Å². The molecule has 0 amide bonds. The highest BCUT2D eigenvalue weighted by molar-refractivity contribution is 6.28. The monoisotopic (exact) mass is 212 g/mol. The van der Waals surface area contributed by atoms with E-state index in [0.717, 1.165) is 11.5 Å². The van der Waals surface area contributed by atoms with Crippen molar-refractivity contribution < 1.29 is 0 Å². The molecule has 0 aliphatic heterocycles. The van der Waals surface area contributed by atoms with E-state index in [9.17, 15) is 0 Å². The molecule has 5 heteroatoms. The Morgan fingerprint density at radius 3 is 2.64 bits per heavy atom. The lowest BCUT2D eigenvalue weighted by Crippen LogP contribution is -2.22. The van der Waals surface area contributed by atoms with Gasteiger partial charge in [-0.25, -0.2) is 4.98 Å². The second kappa shape index (κ2) is 3.28. The average molecular weight is 213 g/mol. The maximum absolute atomic E-state index is 5.89. The van der Waals surface area contributed by atoms with Crippen molar-refractivity contribution in [1.82, 2.24) is 9.97 Å². The lowest BCUT2D eigenvalue weighted by atomic mass is 10.3. The summed E-state index contributed by atoms with van der Waals surface area (Å²) in [4.78, 5) is 10.2. The van der Waals surface area contributed by atoms with Crippen molar-refractivity contribution in [1.29, 1.82) is 0 Å². The van der Waals surface area contributed by atoms with Crippen LogP contribution in [0.15, 0.2) is 0 Å². The zero-order valence-electron chi connectivity index (χ0n) is 8.29. The molecule has 1 heterocycles. The summed E-state index contributed by atoms with van der Waals surface area (Å²) < 4.78 is 0. The predicted octanol–water partition coefficient (Wildman–Crippen LogP) is 1.62. The molecule has 0 saturated heterocycles. The summed E-state index contributed by atoms with van der Waals surface area (Å²) in [6.07, 6.45) is 2.41. The van der Waals surface area contributed by atoms with Crippen molar-refractivity contribution in [2.45, 2.75) is 25.8 Å². The van der Waals surface area contributed by atoms with E-state index in [-0.39, 0.29) is 5.28 Å². The molecule has 0 spiro atoms. The second-order valence-corrected chi connectivity index (χ2v) is 4.00. The Hall–Kier alpha value is -1.03. The molecular weight excluding hydrogens is 200 g/mol. The van der Waals surface area contributed by atoms with Crippen LogP contribution >= 0.6 is 11.6 Å². The van der Waals surface area contributed by atoms with Crippen LogP contribution in [0.1, 0.15) is 18.5 Å². The Labute approximate surface area is 88.1 Å². The van der Waals surface area contributed by atoms with Crippen molar-refractivity contribution in [2.24, 2.45) is 0 Å². The molecule has 76 valence electrons. The summed E-state index contributed by atoms with van der Waals surface area (Å²) in [5.74, 6) is 0.755. The Balaban J connectivity index is 2.39. The summed E-state index contributed by atoms with van der Waals surface area (Å²) in [5.41, 5.74) is 7.26. The average Bonchev–Trinajstić information content (AvgIpc) is 2.93. The van der Waals surface area contributed by atoms with E-state index in [4.69, 9.17) is 17.3 Å². The smallest absolute Gasteiger partial charge is 0.224 e. The van der Waals surface area contributed by atoms with Crippen LogP contribution in [0.25, 0.3) is 0 Å². The van der Waals surface area contributed by atoms with Gasteiger partial charge in [0.1, 0.15) is 0 Å². The third-order valence-corrected chi connectivity index (χ3v) is 2.69. The topological polar surface area (TPSA) is 55.0 Å². The molecule has 1 aliphatic carbocycles. The Morgan fingerprint density at radius 2 is 2.07 bits per heavy atom. The normalized spacial score (nSPS) is 15.6. The van der Waals surface area contributed by atoms with Gasteiger partial charge in [-0.1, -0.05) is 0 Å². The van der Waals surface area contributed by atoms with E-state index in [0.29, 0.717) is 11.7 Å². The number of anilines is 2. The summed E-state index contributed by atoms with van der Waals surface area (Å²) >= 11 is 5.79. The summed E-state index contributed by atoms with van der Waals surface area (Å²) in [7, 11) is 1.99. The number of halogens is 1. The third kappa shape index (κ3) is 1.62. The predicted molar refractivity (Wildman–Crippen MR) is 57.6 cm³/mol. The quantitative estimate of drug-likeness (QED) is 0.757. The highest BCUT2D eigenvalue weighted by Gasteiger charge is 2.28. The van der Waals surface area contributed by atoms with Crippen LogP contribution in [0, 0.1) is 6.92 Å². The highest BCUT2D eigenvalue weighted by Crippen LogP contribution is 2.33. The van der Waals surface area contributed by atoms with E-state index in [2.05, 4.69) is 14.9 Å². The van der Waals surface area contributed by atoms with Gasteiger partial charge in [-0.3, -0.25) is 0 Å². The summed E-state index contributed by atoms with van der Waals surface area (Å²) in [6.45, 7) is 1.84. The molecule has 1 aromatic rings. The maximum atomic E-state index is 5.89. The fourth-order valence-electron chi connectivity index (χ4n) is 1.44. The Bertz CT molecular complexity index is 362. The SMILES string of the molecule is Cc1nc(Cl)nc(N(C)C2CC2)c1N. The molecule has 1 aliphatic rings. The lowest BCUT2D eigenvalue weighted by Gasteiger charge is -2.19. The lowest BCUT2D eigenvalue weighted by molar-refractivity contribution is 0.884. The van der Waals surface area contributed by atoms with Gasteiger partial charge in [-0.15, -0.1) is 0 Å². The Morgan fingerprint density at radius 1 is 1.43 bits per heavy atom. The number of nitrogens with two attached hydrogens (primary N) is 1. The first-order chi connectivity index (χ1) is 6.59. The molecule has 0 atom stereocenters. The van der Waals surface area contributed by atoms with Crippen molar-refractivity contribution in [3.8, 4) is 0 Å². The highest BCUT2D eigenvalue weighted by atomic mass is 35.5. The fourth-order valence-corrected chi connectivity index (χ4v) is 1.64. The minimum absolute atomic E-state index is 0.263. The molecule has 1 aromatic heterocycles. The van der Waals surface area contributed by atoms with Gasteiger partial charge < -0.3 is 10.6 Å². The standard InChI is InChI=1S/C9H13ClN4/c1-5-7(11)8(13-9(10)12-5)14(2)6-3-4-6/h6H,3-4,11H2,1-2H3. The van der Waals surface area contributed by atoms with E-state index in [1.807, 2.05) is 14.0 Å². The number of hydrogen-bond donors (Lipinski definition) is 1. The van der Waals surface area contributed by atoms with Gasteiger partial charge >= 0.3 is 0 Å². The Kier molecular flexibility index (Phi) is 2.23.